The first-order chi connectivity index (χ1) is 9.56. The number of rotatable bonds is 5. The Hall–Kier alpha value is -2.01. The molecule has 0 saturated carbocycles. The standard InChI is InChI=1S/C14H14ClFN2O2/c15-12-4-3-11(8-13(12)16)20-7-1-6-18-9-10(17)2-5-14(18)19/h2-5,8-9H,1,6-7,17H2. The largest absolute Gasteiger partial charge is 0.493 e. The van der Waals surface area contributed by atoms with E-state index in [-0.39, 0.29) is 10.6 Å². The molecule has 2 N–H and O–H groups in total. The molecule has 2 aromatic rings. The van der Waals surface area contributed by atoms with E-state index in [0.717, 1.165) is 0 Å². The van der Waals surface area contributed by atoms with Gasteiger partial charge in [-0.2, -0.15) is 0 Å². The van der Waals surface area contributed by atoms with Crippen LogP contribution in [-0.4, -0.2) is 11.2 Å². The van der Waals surface area contributed by atoms with Crippen LogP contribution >= 0.6 is 11.6 Å². The van der Waals surface area contributed by atoms with Crippen LogP contribution in [-0.2, 0) is 6.54 Å². The second-order valence-corrected chi connectivity index (χ2v) is 4.68. The lowest BCUT2D eigenvalue weighted by Gasteiger charge is -2.08. The molecule has 0 bridgehead atoms. The minimum atomic E-state index is -0.517. The zero-order chi connectivity index (χ0) is 14.5. The molecule has 1 heterocycles. The SMILES string of the molecule is Nc1ccc(=O)n(CCCOc2ccc(Cl)c(F)c2)c1. The third kappa shape index (κ3) is 3.74. The molecule has 6 heteroatoms. The second kappa shape index (κ2) is 6.43. The molecule has 0 aliphatic carbocycles. The van der Waals surface area contributed by atoms with Gasteiger partial charge in [-0.3, -0.25) is 4.79 Å². The van der Waals surface area contributed by atoms with Crippen molar-refractivity contribution < 1.29 is 9.13 Å². The number of pyridine rings is 1. The van der Waals surface area contributed by atoms with Gasteiger partial charge in [-0.05, 0) is 24.6 Å². The van der Waals surface area contributed by atoms with Gasteiger partial charge in [-0.25, -0.2) is 4.39 Å². The van der Waals surface area contributed by atoms with Crippen LogP contribution in [0, 0.1) is 5.82 Å². The Bertz CT molecular complexity index is 658. The normalized spacial score (nSPS) is 10.5. The summed E-state index contributed by atoms with van der Waals surface area (Å²) in [7, 11) is 0. The molecular formula is C14H14ClFN2O2. The molecule has 2 rings (SSSR count). The molecule has 4 nitrogen and oxygen atoms in total. The van der Waals surface area contributed by atoms with E-state index in [1.54, 1.807) is 18.3 Å². The molecule has 0 unspecified atom stereocenters. The summed E-state index contributed by atoms with van der Waals surface area (Å²) in [4.78, 5) is 11.5. The van der Waals surface area contributed by atoms with Crippen molar-refractivity contribution in [3.8, 4) is 5.75 Å². The molecule has 0 saturated heterocycles. The van der Waals surface area contributed by atoms with Crippen molar-refractivity contribution in [2.24, 2.45) is 0 Å². The number of nitrogens with zero attached hydrogens (tertiary/aromatic N) is 1. The highest BCUT2D eigenvalue weighted by Crippen LogP contribution is 2.20. The van der Waals surface area contributed by atoms with Crippen molar-refractivity contribution in [2.75, 3.05) is 12.3 Å². The molecule has 106 valence electrons. The lowest BCUT2D eigenvalue weighted by atomic mass is 10.3. The average Bonchev–Trinajstić information content (AvgIpc) is 2.42. The van der Waals surface area contributed by atoms with Crippen molar-refractivity contribution in [1.29, 1.82) is 0 Å². The summed E-state index contributed by atoms with van der Waals surface area (Å²) in [5.74, 6) is -0.108. The lowest BCUT2D eigenvalue weighted by Crippen LogP contribution is -2.20. The zero-order valence-electron chi connectivity index (χ0n) is 10.7. The van der Waals surface area contributed by atoms with Gasteiger partial charge in [0, 0.05) is 30.6 Å². The van der Waals surface area contributed by atoms with Gasteiger partial charge < -0.3 is 15.0 Å². The van der Waals surface area contributed by atoms with Crippen LogP contribution in [0.4, 0.5) is 10.1 Å². The van der Waals surface area contributed by atoms with Crippen molar-refractivity contribution in [3.05, 3.63) is 57.7 Å². The highest BCUT2D eigenvalue weighted by atomic mass is 35.5. The second-order valence-electron chi connectivity index (χ2n) is 4.27. The maximum Gasteiger partial charge on any atom is 0.250 e. The number of aromatic nitrogens is 1. The number of aryl methyl sites for hydroxylation is 1. The predicted molar refractivity (Wildman–Crippen MR) is 76.6 cm³/mol. The van der Waals surface area contributed by atoms with Gasteiger partial charge in [0.15, 0.2) is 0 Å². The van der Waals surface area contributed by atoms with E-state index in [2.05, 4.69) is 0 Å². The molecule has 0 aliphatic rings. The lowest BCUT2D eigenvalue weighted by molar-refractivity contribution is 0.299. The van der Waals surface area contributed by atoms with E-state index in [1.807, 2.05) is 0 Å². The maximum absolute atomic E-state index is 13.2. The fourth-order valence-corrected chi connectivity index (χ4v) is 1.83. The van der Waals surface area contributed by atoms with Crippen LogP contribution in [0.1, 0.15) is 6.42 Å². The Labute approximate surface area is 120 Å². The van der Waals surface area contributed by atoms with Crippen molar-refractivity contribution in [3.63, 3.8) is 0 Å². The number of ether oxygens (including phenoxy) is 1. The van der Waals surface area contributed by atoms with E-state index in [4.69, 9.17) is 22.1 Å². The molecule has 1 aromatic carbocycles. The van der Waals surface area contributed by atoms with E-state index < -0.39 is 5.82 Å². The number of anilines is 1. The number of hydrogen-bond donors (Lipinski definition) is 1. The smallest absolute Gasteiger partial charge is 0.250 e. The number of hydrogen-bond acceptors (Lipinski definition) is 3. The Kier molecular flexibility index (Phi) is 4.63. The Balaban J connectivity index is 1.86. The number of nitrogens with two attached hydrogens (primary N) is 1. The van der Waals surface area contributed by atoms with Crippen LogP contribution in [0.3, 0.4) is 0 Å². The van der Waals surface area contributed by atoms with E-state index in [0.29, 0.717) is 31.0 Å². The summed E-state index contributed by atoms with van der Waals surface area (Å²) in [5.41, 5.74) is 6.03. The minimum Gasteiger partial charge on any atom is -0.493 e. The predicted octanol–water partition coefficient (Wildman–Crippen LogP) is 2.69. The van der Waals surface area contributed by atoms with Gasteiger partial charge in [0.1, 0.15) is 11.6 Å². The Morgan fingerprint density at radius 3 is 2.85 bits per heavy atom. The summed E-state index contributed by atoms with van der Waals surface area (Å²) >= 11 is 5.57. The van der Waals surface area contributed by atoms with Gasteiger partial charge in [-0.15, -0.1) is 0 Å². The van der Waals surface area contributed by atoms with Crippen molar-refractivity contribution in [2.45, 2.75) is 13.0 Å². The van der Waals surface area contributed by atoms with Gasteiger partial charge in [0.2, 0.25) is 0 Å². The number of nitrogen functional groups attached to an aromatic ring is 1. The highest BCUT2D eigenvalue weighted by molar-refractivity contribution is 6.30. The molecule has 0 amide bonds. The van der Waals surface area contributed by atoms with Crippen molar-refractivity contribution >= 4 is 17.3 Å². The monoisotopic (exact) mass is 296 g/mol. The summed E-state index contributed by atoms with van der Waals surface area (Å²) in [6, 6.07) is 7.25. The topological polar surface area (TPSA) is 57.2 Å². The molecule has 1 aromatic heterocycles. The molecule has 0 atom stereocenters. The third-order valence-electron chi connectivity index (χ3n) is 2.71. The molecule has 0 spiro atoms. The van der Waals surface area contributed by atoms with Gasteiger partial charge in [-0.1, -0.05) is 11.6 Å². The summed E-state index contributed by atoms with van der Waals surface area (Å²) in [6.07, 6.45) is 2.19. The first kappa shape index (κ1) is 14.4. The van der Waals surface area contributed by atoms with Gasteiger partial charge >= 0.3 is 0 Å². The van der Waals surface area contributed by atoms with Crippen LogP contribution in [0.15, 0.2) is 41.3 Å². The van der Waals surface area contributed by atoms with Gasteiger partial charge in [0.05, 0.1) is 11.6 Å². The molecule has 0 aliphatic heterocycles. The number of benzene rings is 1. The van der Waals surface area contributed by atoms with Crippen molar-refractivity contribution in [1.82, 2.24) is 4.57 Å². The Morgan fingerprint density at radius 1 is 1.30 bits per heavy atom. The molecule has 20 heavy (non-hydrogen) atoms. The molecule has 0 radical (unpaired) electrons. The first-order valence-electron chi connectivity index (χ1n) is 6.10. The Morgan fingerprint density at radius 2 is 2.10 bits per heavy atom. The quantitative estimate of drug-likeness (QED) is 0.863. The summed E-state index contributed by atoms with van der Waals surface area (Å²) in [5, 5.41) is 0.0589. The highest BCUT2D eigenvalue weighted by Gasteiger charge is 2.02. The molecule has 0 fully saturated rings. The zero-order valence-corrected chi connectivity index (χ0v) is 11.4. The van der Waals surface area contributed by atoms with E-state index in [1.165, 1.54) is 22.8 Å². The maximum atomic E-state index is 13.2. The fraction of sp³-hybridized carbons (Fsp3) is 0.214. The third-order valence-corrected chi connectivity index (χ3v) is 3.02. The van der Waals surface area contributed by atoms with E-state index >= 15 is 0 Å². The van der Waals surface area contributed by atoms with E-state index in [9.17, 15) is 9.18 Å². The van der Waals surface area contributed by atoms with Crippen LogP contribution < -0.4 is 16.0 Å². The number of halogens is 2. The fourth-order valence-electron chi connectivity index (χ4n) is 1.72. The van der Waals surface area contributed by atoms with Gasteiger partial charge in [0.25, 0.3) is 5.56 Å². The molecular weight excluding hydrogens is 283 g/mol. The van der Waals surface area contributed by atoms with Crippen LogP contribution in [0.5, 0.6) is 5.75 Å². The minimum absolute atomic E-state index is 0.0589. The summed E-state index contributed by atoms with van der Waals surface area (Å²) in [6.45, 7) is 0.849. The first-order valence-corrected chi connectivity index (χ1v) is 6.48. The van der Waals surface area contributed by atoms with Crippen LogP contribution in [0.2, 0.25) is 5.02 Å². The summed E-state index contributed by atoms with van der Waals surface area (Å²) < 4.78 is 20.1. The van der Waals surface area contributed by atoms with Crippen LogP contribution in [0.25, 0.3) is 0 Å². The average molecular weight is 297 g/mol.